The van der Waals surface area contributed by atoms with Crippen LogP contribution in [0.5, 0.6) is 0 Å². The Balaban J connectivity index is 1.94. The molecule has 3 aliphatic rings. The fourth-order valence-corrected chi connectivity index (χ4v) is 3.51. The van der Waals surface area contributed by atoms with Gasteiger partial charge in [0.25, 0.3) is 0 Å². The Labute approximate surface area is 90.4 Å². The number of aliphatic hydroxyl groups is 1. The molecule has 2 bridgehead atoms. The van der Waals surface area contributed by atoms with E-state index in [0.717, 1.165) is 24.5 Å². The van der Waals surface area contributed by atoms with Crippen molar-refractivity contribution in [3.8, 4) is 0 Å². The predicted molar refractivity (Wildman–Crippen MR) is 58.1 cm³/mol. The lowest BCUT2D eigenvalue weighted by Crippen LogP contribution is -2.57. The fourth-order valence-electron chi connectivity index (χ4n) is 3.51. The average Bonchev–Trinajstić information content (AvgIpc) is 2.29. The smallest absolute Gasteiger partial charge is 0.112 e. The van der Waals surface area contributed by atoms with Crippen molar-refractivity contribution >= 4 is 0 Å². The highest BCUT2D eigenvalue weighted by atomic mass is 16.3. The topological polar surface area (TPSA) is 33.1 Å². The van der Waals surface area contributed by atoms with E-state index in [1.807, 2.05) is 18.2 Å². The minimum atomic E-state index is -0.603. The van der Waals surface area contributed by atoms with Crippen LogP contribution in [0.2, 0.25) is 0 Å². The summed E-state index contributed by atoms with van der Waals surface area (Å²) < 4.78 is 0. The van der Waals surface area contributed by atoms with Crippen molar-refractivity contribution in [1.82, 2.24) is 4.98 Å². The molecule has 0 saturated heterocycles. The van der Waals surface area contributed by atoms with Crippen molar-refractivity contribution in [2.75, 3.05) is 0 Å². The molecule has 1 heterocycles. The molecule has 80 valence electrons. The molecule has 1 aromatic rings. The highest BCUT2D eigenvalue weighted by molar-refractivity contribution is 5.22. The first-order valence-corrected chi connectivity index (χ1v) is 5.85. The molecular weight excluding hydrogens is 186 g/mol. The zero-order chi connectivity index (χ0) is 10.5. The van der Waals surface area contributed by atoms with E-state index in [1.165, 1.54) is 6.42 Å². The molecule has 3 fully saturated rings. The van der Waals surface area contributed by atoms with Crippen LogP contribution in [0.1, 0.15) is 31.9 Å². The van der Waals surface area contributed by atoms with E-state index >= 15 is 0 Å². The number of fused-ring (bicyclic) bond motifs is 2. The van der Waals surface area contributed by atoms with Gasteiger partial charge in [-0.3, -0.25) is 4.98 Å². The van der Waals surface area contributed by atoms with Gasteiger partial charge in [0.15, 0.2) is 0 Å². The Kier molecular flexibility index (Phi) is 1.90. The van der Waals surface area contributed by atoms with Gasteiger partial charge >= 0.3 is 0 Å². The van der Waals surface area contributed by atoms with Gasteiger partial charge in [0, 0.05) is 6.20 Å². The van der Waals surface area contributed by atoms with E-state index in [9.17, 15) is 5.11 Å². The minimum absolute atomic E-state index is 0.446. The van der Waals surface area contributed by atoms with Crippen molar-refractivity contribution in [2.24, 2.45) is 17.8 Å². The third-order valence-corrected chi connectivity index (χ3v) is 4.26. The maximum Gasteiger partial charge on any atom is 0.112 e. The van der Waals surface area contributed by atoms with E-state index in [0.29, 0.717) is 11.8 Å². The molecule has 3 saturated carbocycles. The summed E-state index contributed by atoms with van der Waals surface area (Å²) in [6, 6.07) is 5.84. The average molecular weight is 203 g/mol. The Morgan fingerprint density at radius 1 is 1.27 bits per heavy atom. The lowest BCUT2D eigenvalue weighted by Gasteiger charge is -2.57. The van der Waals surface area contributed by atoms with Gasteiger partial charge in [0.1, 0.15) is 5.60 Å². The van der Waals surface area contributed by atoms with Crippen LogP contribution in [0.25, 0.3) is 0 Å². The molecule has 4 rings (SSSR count). The standard InChI is InChI=1S/C13H17NO/c1-9-6-10-8-11(7-9)13(10,15)12-4-2-3-5-14-12/h2-5,9-11,15H,6-8H2,1H3. The Morgan fingerprint density at radius 3 is 2.60 bits per heavy atom. The Bertz CT molecular complexity index is 350. The monoisotopic (exact) mass is 203 g/mol. The van der Waals surface area contributed by atoms with Crippen LogP contribution >= 0.6 is 0 Å². The normalized spacial score (nSPS) is 43.5. The fraction of sp³-hybridized carbons (Fsp3) is 0.615. The predicted octanol–water partition coefficient (Wildman–Crippen LogP) is 2.34. The number of hydrogen-bond acceptors (Lipinski definition) is 2. The Morgan fingerprint density at radius 2 is 2.00 bits per heavy atom. The lowest BCUT2D eigenvalue weighted by atomic mass is 9.50. The molecule has 0 aliphatic heterocycles. The van der Waals surface area contributed by atoms with Crippen LogP contribution in [0.4, 0.5) is 0 Å². The van der Waals surface area contributed by atoms with Crippen molar-refractivity contribution in [2.45, 2.75) is 31.8 Å². The van der Waals surface area contributed by atoms with Gasteiger partial charge in [-0.2, -0.15) is 0 Å². The molecular formula is C13H17NO. The van der Waals surface area contributed by atoms with Gasteiger partial charge in [-0.15, -0.1) is 0 Å². The molecule has 0 amide bonds. The molecule has 2 atom stereocenters. The number of rotatable bonds is 1. The molecule has 3 aliphatic carbocycles. The zero-order valence-electron chi connectivity index (χ0n) is 9.06. The SMILES string of the molecule is CC1CC2CC(C1)C2(O)c1ccccn1. The highest BCUT2D eigenvalue weighted by Gasteiger charge is 2.58. The van der Waals surface area contributed by atoms with Crippen LogP contribution in [-0.2, 0) is 5.60 Å². The summed E-state index contributed by atoms with van der Waals surface area (Å²) in [6.07, 6.45) is 5.29. The first kappa shape index (κ1) is 9.34. The number of nitrogens with zero attached hydrogens (tertiary/aromatic N) is 1. The van der Waals surface area contributed by atoms with Gasteiger partial charge in [-0.1, -0.05) is 13.0 Å². The highest BCUT2D eigenvalue weighted by Crippen LogP contribution is 2.59. The van der Waals surface area contributed by atoms with Gasteiger partial charge in [0.2, 0.25) is 0 Å². The van der Waals surface area contributed by atoms with Crippen molar-refractivity contribution < 1.29 is 5.11 Å². The van der Waals surface area contributed by atoms with Crippen molar-refractivity contribution in [1.29, 1.82) is 0 Å². The van der Waals surface area contributed by atoms with E-state index in [2.05, 4.69) is 11.9 Å². The second kappa shape index (κ2) is 3.05. The first-order valence-electron chi connectivity index (χ1n) is 5.85. The molecule has 1 N–H and O–H groups in total. The first-order chi connectivity index (χ1) is 7.21. The third-order valence-electron chi connectivity index (χ3n) is 4.26. The molecule has 2 nitrogen and oxygen atoms in total. The van der Waals surface area contributed by atoms with Gasteiger partial charge in [0.05, 0.1) is 5.69 Å². The van der Waals surface area contributed by atoms with Crippen LogP contribution in [0, 0.1) is 17.8 Å². The van der Waals surface area contributed by atoms with Gasteiger partial charge < -0.3 is 5.11 Å². The zero-order valence-corrected chi connectivity index (χ0v) is 9.06. The van der Waals surface area contributed by atoms with E-state index in [4.69, 9.17) is 0 Å². The van der Waals surface area contributed by atoms with Crippen LogP contribution in [0.3, 0.4) is 0 Å². The molecule has 2 heteroatoms. The molecule has 0 radical (unpaired) electrons. The molecule has 0 aromatic carbocycles. The summed E-state index contributed by atoms with van der Waals surface area (Å²) in [6.45, 7) is 2.29. The second-order valence-electron chi connectivity index (χ2n) is 5.25. The Hall–Kier alpha value is -0.890. The summed E-state index contributed by atoms with van der Waals surface area (Å²) in [5.74, 6) is 1.67. The third kappa shape index (κ3) is 1.18. The number of hydrogen-bond donors (Lipinski definition) is 1. The summed E-state index contributed by atoms with van der Waals surface area (Å²) in [7, 11) is 0. The summed E-state index contributed by atoms with van der Waals surface area (Å²) in [5, 5.41) is 10.7. The summed E-state index contributed by atoms with van der Waals surface area (Å²) in [4.78, 5) is 4.33. The van der Waals surface area contributed by atoms with E-state index in [-0.39, 0.29) is 0 Å². The second-order valence-corrected chi connectivity index (χ2v) is 5.25. The number of aromatic nitrogens is 1. The van der Waals surface area contributed by atoms with E-state index < -0.39 is 5.60 Å². The molecule has 0 spiro atoms. The van der Waals surface area contributed by atoms with Gasteiger partial charge in [-0.05, 0) is 49.1 Å². The summed E-state index contributed by atoms with van der Waals surface area (Å²) >= 11 is 0. The maximum absolute atomic E-state index is 10.7. The van der Waals surface area contributed by atoms with Crippen molar-refractivity contribution in [3.05, 3.63) is 30.1 Å². The molecule has 1 aromatic heterocycles. The van der Waals surface area contributed by atoms with E-state index in [1.54, 1.807) is 6.20 Å². The van der Waals surface area contributed by atoms with Crippen LogP contribution < -0.4 is 0 Å². The van der Waals surface area contributed by atoms with Gasteiger partial charge in [-0.25, -0.2) is 0 Å². The minimum Gasteiger partial charge on any atom is -0.383 e. The number of pyridine rings is 1. The largest absolute Gasteiger partial charge is 0.383 e. The molecule has 2 unspecified atom stereocenters. The quantitative estimate of drug-likeness (QED) is 0.760. The maximum atomic E-state index is 10.7. The van der Waals surface area contributed by atoms with Crippen molar-refractivity contribution in [3.63, 3.8) is 0 Å². The van der Waals surface area contributed by atoms with Crippen LogP contribution in [0.15, 0.2) is 24.4 Å². The lowest BCUT2D eigenvalue weighted by molar-refractivity contribution is -0.199. The summed E-state index contributed by atoms with van der Waals surface area (Å²) in [5.41, 5.74) is 0.284. The molecule has 15 heavy (non-hydrogen) atoms. The van der Waals surface area contributed by atoms with Crippen LogP contribution in [-0.4, -0.2) is 10.1 Å².